The van der Waals surface area contributed by atoms with Crippen molar-refractivity contribution in [1.29, 1.82) is 0 Å². The number of carbonyl (C=O) groups excluding carboxylic acids is 1. The van der Waals surface area contributed by atoms with Crippen molar-refractivity contribution in [2.75, 3.05) is 5.32 Å². The highest BCUT2D eigenvalue weighted by atomic mass is 79.9. The van der Waals surface area contributed by atoms with Gasteiger partial charge in [-0.05, 0) is 34.1 Å². The van der Waals surface area contributed by atoms with E-state index < -0.39 is 17.2 Å². The Morgan fingerprint density at radius 1 is 1.21 bits per heavy atom. The number of anilines is 1. The molecule has 1 aromatic heterocycles. The Labute approximate surface area is 119 Å². The third-order valence-corrected chi connectivity index (χ3v) is 3.08. The number of nitrogens with one attached hydrogen (secondary N) is 3. The van der Waals surface area contributed by atoms with Gasteiger partial charge in [0.25, 0.3) is 11.5 Å². The van der Waals surface area contributed by atoms with Crippen LogP contribution in [0.1, 0.15) is 10.5 Å². The van der Waals surface area contributed by atoms with Gasteiger partial charge in [0, 0.05) is 15.6 Å². The van der Waals surface area contributed by atoms with E-state index in [4.69, 9.17) is 11.6 Å². The number of amides is 1. The summed E-state index contributed by atoms with van der Waals surface area (Å²) in [7, 11) is 0. The summed E-state index contributed by atoms with van der Waals surface area (Å²) in [4.78, 5) is 38.2. The first-order valence-electron chi connectivity index (χ1n) is 5.06. The van der Waals surface area contributed by atoms with Crippen LogP contribution in [-0.4, -0.2) is 15.9 Å². The molecule has 2 rings (SSSR count). The van der Waals surface area contributed by atoms with Crippen LogP contribution < -0.4 is 16.6 Å². The van der Waals surface area contributed by atoms with Crippen molar-refractivity contribution in [2.24, 2.45) is 0 Å². The molecule has 98 valence electrons. The predicted octanol–water partition coefficient (Wildman–Crippen LogP) is 1.73. The minimum atomic E-state index is -0.743. The van der Waals surface area contributed by atoms with Crippen LogP contribution in [0.4, 0.5) is 5.69 Å². The first-order chi connectivity index (χ1) is 8.95. The Kier molecular flexibility index (Phi) is 3.87. The summed E-state index contributed by atoms with van der Waals surface area (Å²) >= 11 is 9.01. The van der Waals surface area contributed by atoms with Crippen molar-refractivity contribution in [2.45, 2.75) is 0 Å². The summed E-state index contributed by atoms with van der Waals surface area (Å²) < 4.78 is 0.584. The molecule has 0 aliphatic carbocycles. The number of hydrogen-bond acceptors (Lipinski definition) is 3. The maximum absolute atomic E-state index is 11.9. The fourth-order valence-electron chi connectivity index (χ4n) is 1.37. The van der Waals surface area contributed by atoms with E-state index in [0.717, 1.165) is 6.07 Å². The Bertz CT molecular complexity index is 725. The monoisotopic (exact) mass is 343 g/mol. The van der Waals surface area contributed by atoms with E-state index in [0.29, 0.717) is 15.2 Å². The van der Waals surface area contributed by atoms with Crippen LogP contribution in [0.15, 0.2) is 38.3 Å². The third-order valence-electron chi connectivity index (χ3n) is 2.18. The van der Waals surface area contributed by atoms with Gasteiger partial charge in [-0.1, -0.05) is 11.6 Å². The second-order valence-corrected chi connectivity index (χ2v) is 4.87. The van der Waals surface area contributed by atoms with Crippen LogP contribution in [-0.2, 0) is 0 Å². The predicted molar refractivity (Wildman–Crippen MR) is 74.8 cm³/mol. The topological polar surface area (TPSA) is 94.8 Å². The number of H-pyrrole nitrogens is 2. The fraction of sp³-hybridized carbons (Fsp3) is 0. The van der Waals surface area contributed by atoms with E-state index in [1.165, 1.54) is 0 Å². The first kappa shape index (κ1) is 13.6. The fourth-order valence-corrected chi connectivity index (χ4v) is 2.15. The first-order valence-corrected chi connectivity index (χ1v) is 6.23. The van der Waals surface area contributed by atoms with Crippen LogP contribution in [0.25, 0.3) is 0 Å². The van der Waals surface area contributed by atoms with Crippen LogP contribution in [0.2, 0.25) is 5.02 Å². The van der Waals surface area contributed by atoms with Gasteiger partial charge in [-0.2, -0.15) is 0 Å². The Morgan fingerprint density at radius 2 is 1.95 bits per heavy atom. The van der Waals surface area contributed by atoms with E-state index in [-0.39, 0.29) is 5.69 Å². The normalized spacial score (nSPS) is 10.2. The lowest BCUT2D eigenvalue weighted by Crippen LogP contribution is -2.27. The molecule has 0 unspecified atom stereocenters. The zero-order valence-electron chi connectivity index (χ0n) is 9.29. The highest BCUT2D eigenvalue weighted by Crippen LogP contribution is 2.26. The van der Waals surface area contributed by atoms with E-state index in [9.17, 15) is 14.4 Å². The molecule has 0 aliphatic heterocycles. The van der Waals surface area contributed by atoms with Gasteiger partial charge in [-0.25, -0.2) is 4.79 Å². The zero-order valence-corrected chi connectivity index (χ0v) is 11.6. The van der Waals surface area contributed by atoms with Gasteiger partial charge < -0.3 is 10.3 Å². The number of rotatable bonds is 2. The highest BCUT2D eigenvalue weighted by Gasteiger charge is 2.10. The summed E-state index contributed by atoms with van der Waals surface area (Å²) in [6.07, 6.45) is 0. The molecule has 1 heterocycles. The molecule has 19 heavy (non-hydrogen) atoms. The number of aromatic nitrogens is 2. The standard InChI is InChI=1S/C11H7BrClN3O3/c12-6-3-5(13)1-2-7(6)14-10(18)8-4-9(17)16-11(19)15-8/h1-4H,(H,14,18)(H2,15,16,17,19). The Hall–Kier alpha value is -1.86. The second kappa shape index (κ2) is 5.41. The average Bonchev–Trinajstić information content (AvgIpc) is 2.31. The molecular weight excluding hydrogens is 337 g/mol. The maximum Gasteiger partial charge on any atom is 0.326 e. The largest absolute Gasteiger partial charge is 0.326 e. The van der Waals surface area contributed by atoms with Gasteiger partial charge in [0.1, 0.15) is 5.69 Å². The van der Waals surface area contributed by atoms with Gasteiger partial charge in [-0.3, -0.25) is 14.6 Å². The molecule has 0 bridgehead atoms. The lowest BCUT2D eigenvalue weighted by atomic mass is 10.3. The third kappa shape index (κ3) is 3.33. The van der Waals surface area contributed by atoms with E-state index in [2.05, 4.69) is 26.2 Å². The molecule has 0 saturated carbocycles. The number of aromatic amines is 2. The molecule has 0 saturated heterocycles. The van der Waals surface area contributed by atoms with Crippen LogP contribution in [0, 0.1) is 0 Å². The van der Waals surface area contributed by atoms with Crippen molar-refractivity contribution in [3.05, 3.63) is 60.3 Å². The summed E-state index contributed by atoms with van der Waals surface area (Å²) in [6.45, 7) is 0. The van der Waals surface area contributed by atoms with Gasteiger partial charge in [-0.15, -0.1) is 0 Å². The van der Waals surface area contributed by atoms with Crippen molar-refractivity contribution in [3.8, 4) is 0 Å². The lowest BCUT2D eigenvalue weighted by molar-refractivity contribution is 0.102. The summed E-state index contributed by atoms with van der Waals surface area (Å²) in [5.41, 5.74) is -1.05. The minimum absolute atomic E-state index is 0.129. The molecule has 0 spiro atoms. The van der Waals surface area contributed by atoms with E-state index >= 15 is 0 Å². The average molecular weight is 345 g/mol. The van der Waals surface area contributed by atoms with Crippen LogP contribution in [0.3, 0.4) is 0 Å². The number of benzene rings is 1. The quantitative estimate of drug-likeness (QED) is 0.774. The Morgan fingerprint density at radius 3 is 2.58 bits per heavy atom. The highest BCUT2D eigenvalue weighted by molar-refractivity contribution is 9.10. The van der Waals surface area contributed by atoms with Gasteiger partial charge in [0.05, 0.1) is 5.69 Å². The SMILES string of the molecule is O=C(Nc1ccc(Cl)cc1Br)c1cc(=O)[nH]c(=O)[nH]1. The van der Waals surface area contributed by atoms with Crippen molar-refractivity contribution >= 4 is 39.1 Å². The Balaban J connectivity index is 2.30. The number of halogens is 2. The summed E-state index contributed by atoms with van der Waals surface area (Å²) in [5.74, 6) is -0.605. The summed E-state index contributed by atoms with van der Waals surface area (Å²) in [6, 6.07) is 5.80. The lowest BCUT2D eigenvalue weighted by Gasteiger charge is -2.07. The molecule has 0 radical (unpaired) electrons. The molecule has 3 N–H and O–H groups in total. The molecular formula is C11H7BrClN3O3. The van der Waals surface area contributed by atoms with Gasteiger partial charge in [0.15, 0.2) is 0 Å². The summed E-state index contributed by atoms with van der Waals surface area (Å²) in [5, 5.41) is 3.05. The molecule has 6 nitrogen and oxygen atoms in total. The smallest absolute Gasteiger partial charge is 0.320 e. The second-order valence-electron chi connectivity index (χ2n) is 3.58. The molecule has 1 aromatic carbocycles. The van der Waals surface area contributed by atoms with Crippen LogP contribution >= 0.6 is 27.5 Å². The number of carbonyl (C=O) groups is 1. The molecule has 2 aromatic rings. The van der Waals surface area contributed by atoms with Gasteiger partial charge >= 0.3 is 5.69 Å². The van der Waals surface area contributed by atoms with Crippen molar-refractivity contribution in [1.82, 2.24) is 9.97 Å². The molecule has 1 amide bonds. The zero-order chi connectivity index (χ0) is 14.0. The van der Waals surface area contributed by atoms with E-state index in [1.807, 2.05) is 4.98 Å². The van der Waals surface area contributed by atoms with E-state index in [1.54, 1.807) is 18.2 Å². The molecule has 8 heteroatoms. The minimum Gasteiger partial charge on any atom is -0.320 e. The maximum atomic E-state index is 11.9. The van der Waals surface area contributed by atoms with Crippen molar-refractivity contribution in [3.63, 3.8) is 0 Å². The molecule has 0 aliphatic rings. The van der Waals surface area contributed by atoms with Crippen LogP contribution in [0.5, 0.6) is 0 Å². The van der Waals surface area contributed by atoms with Gasteiger partial charge in [0.2, 0.25) is 0 Å². The molecule has 0 atom stereocenters. The molecule has 0 fully saturated rings. The van der Waals surface area contributed by atoms with Crippen molar-refractivity contribution < 1.29 is 4.79 Å². The number of hydrogen-bond donors (Lipinski definition) is 3.